The van der Waals surface area contributed by atoms with Gasteiger partial charge >= 0.3 is 0 Å². The van der Waals surface area contributed by atoms with Crippen molar-refractivity contribution in [1.82, 2.24) is 0 Å². The number of rotatable bonds is 1. The molecule has 1 rings (SSSR count). The van der Waals surface area contributed by atoms with Gasteiger partial charge < -0.3 is 10.5 Å². The molecule has 0 aromatic heterocycles. The van der Waals surface area contributed by atoms with E-state index in [1.165, 1.54) is 0 Å². The van der Waals surface area contributed by atoms with Crippen molar-refractivity contribution >= 4 is 18.3 Å². The van der Waals surface area contributed by atoms with Gasteiger partial charge in [-0.15, -0.1) is 12.6 Å². The van der Waals surface area contributed by atoms with Crippen LogP contribution in [0.1, 0.15) is 0 Å². The summed E-state index contributed by atoms with van der Waals surface area (Å²) in [6.45, 7) is 0. The average Bonchev–Trinajstić information content (AvgIpc) is 1.95. The third-order valence-electron chi connectivity index (χ3n) is 1.23. The molecule has 0 aliphatic carbocycles. The minimum Gasteiger partial charge on any atom is -0.497 e. The highest BCUT2D eigenvalue weighted by Crippen LogP contribution is 2.21. The first-order chi connectivity index (χ1) is 4.74. The third-order valence-corrected chi connectivity index (χ3v) is 1.64. The van der Waals surface area contributed by atoms with E-state index in [-0.39, 0.29) is 0 Å². The largest absolute Gasteiger partial charge is 0.497 e. The molecule has 0 saturated carbocycles. The summed E-state index contributed by atoms with van der Waals surface area (Å²) < 4.78 is 4.94. The van der Waals surface area contributed by atoms with Crippen LogP contribution < -0.4 is 10.5 Å². The lowest BCUT2D eigenvalue weighted by atomic mass is 10.3. The molecule has 1 aromatic rings. The Morgan fingerprint density at radius 2 is 2.20 bits per heavy atom. The summed E-state index contributed by atoms with van der Waals surface area (Å²) >= 11 is 4.10. The smallest absolute Gasteiger partial charge is 0.120 e. The molecule has 0 amide bonds. The molecule has 0 saturated heterocycles. The monoisotopic (exact) mass is 155 g/mol. The van der Waals surface area contributed by atoms with Crippen molar-refractivity contribution in [1.29, 1.82) is 0 Å². The average molecular weight is 155 g/mol. The number of methoxy groups -OCH3 is 1. The van der Waals surface area contributed by atoms with Crippen molar-refractivity contribution in [2.75, 3.05) is 12.8 Å². The Hall–Kier alpha value is -0.830. The number of benzene rings is 1. The van der Waals surface area contributed by atoms with Crippen LogP contribution in [0.15, 0.2) is 23.1 Å². The van der Waals surface area contributed by atoms with Crippen LogP contribution >= 0.6 is 12.6 Å². The van der Waals surface area contributed by atoms with Gasteiger partial charge in [0.1, 0.15) is 5.75 Å². The maximum absolute atomic E-state index is 5.54. The molecule has 54 valence electrons. The first kappa shape index (κ1) is 7.28. The first-order valence-electron chi connectivity index (χ1n) is 2.86. The topological polar surface area (TPSA) is 35.2 Å². The van der Waals surface area contributed by atoms with E-state index in [2.05, 4.69) is 12.6 Å². The Morgan fingerprint density at radius 3 is 2.70 bits per heavy atom. The molecule has 2 nitrogen and oxygen atoms in total. The van der Waals surface area contributed by atoms with Crippen LogP contribution in [0.5, 0.6) is 5.75 Å². The van der Waals surface area contributed by atoms with Crippen LogP contribution in [0, 0.1) is 0 Å². The molecule has 0 aliphatic heterocycles. The number of hydrogen-bond acceptors (Lipinski definition) is 3. The number of nitrogens with two attached hydrogens (primary N) is 1. The number of nitrogen functional groups attached to an aromatic ring is 1. The lowest BCUT2D eigenvalue weighted by Gasteiger charge is -2.01. The first-order valence-corrected chi connectivity index (χ1v) is 3.31. The highest BCUT2D eigenvalue weighted by molar-refractivity contribution is 7.80. The number of hydrogen-bond donors (Lipinski definition) is 2. The molecule has 0 fully saturated rings. The highest BCUT2D eigenvalue weighted by atomic mass is 32.1. The van der Waals surface area contributed by atoms with Crippen molar-refractivity contribution < 1.29 is 4.74 Å². The molecule has 2 N–H and O–H groups in total. The minimum atomic E-state index is 0.641. The summed E-state index contributed by atoms with van der Waals surface area (Å²) in [7, 11) is 1.60. The summed E-state index contributed by atoms with van der Waals surface area (Å²) in [5.74, 6) is 0.760. The zero-order valence-electron chi connectivity index (χ0n) is 5.66. The van der Waals surface area contributed by atoms with Gasteiger partial charge in [-0.25, -0.2) is 0 Å². The van der Waals surface area contributed by atoms with E-state index >= 15 is 0 Å². The van der Waals surface area contributed by atoms with E-state index in [0.29, 0.717) is 5.69 Å². The van der Waals surface area contributed by atoms with Crippen molar-refractivity contribution in [3.8, 4) is 5.75 Å². The normalized spacial score (nSPS) is 9.40. The van der Waals surface area contributed by atoms with Gasteiger partial charge in [0, 0.05) is 16.6 Å². The maximum Gasteiger partial charge on any atom is 0.120 e. The van der Waals surface area contributed by atoms with Crippen LogP contribution in [0.2, 0.25) is 0 Å². The van der Waals surface area contributed by atoms with Crippen LogP contribution in [-0.2, 0) is 0 Å². The molecule has 10 heavy (non-hydrogen) atoms. The summed E-state index contributed by atoms with van der Waals surface area (Å²) in [5, 5.41) is 0. The SMILES string of the molecule is COc1ccc(S)c(N)c1. The van der Waals surface area contributed by atoms with E-state index in [9.17, 15) is 0 Å². The van der Waals surface area contributed by atoms with Gasteiger partial charge in [0.05, 0.1) is 7.11 Å². The Morgan fingerprint density at radius 1 is 1.50 bits per heavy atom. The van der Waals surface area contributed by atoms with E-state index in [0.717, 1.165) is 10.6 Å². The van der Waals surface area contributed by atoms with E-state index in [4.69, 9.17) is 10.5 Å². The summed E-state index contributed by atoms with van der Waals surface area (Å²) in [5.41, 5.74) is 6.18. The Balaban J connectivity index is 3.04. The standard InChI is InChI=1S/C7H9NOS/c1-9-5-2-3-7(10)6(8)4-5/h2-4,10H,8H2,1H3. The fourth-order valence-electron chi connectivity index (χ4n) is 0.660. The quantitative estimate of drug-likeness (QED) is 0.477. The lowest BCUT2D eigenvalue weighted by molar-refractivity contribution is 0.415. The van der Waals surface area contributed by atoms with Gasteiger partial charge in [0.2, 0.25) is 0 Å². The fourth-order valence-corrected chi connectivity index (χ4v) is 0.799. The summed E-state index contributed by atoms with van der Waals surface area (Å²) in [4.78, 5) is 0.779. The maximum atomic E-state index is 5.54. The zero-order chi connectivity index (χ0) is 7.56. The zero-order valence-corrected chi connectivity index (χ0v) is 6.56. The molecule has 1 aromatic carbocycles. The summed E-state index contributed by atoms with van der Waals surface area (Å²) in [6, 6.07) is 5.36. The van der Waals surface area contributed by atoms with E-state index in [1.807, 2.05) is 6.07 Å². The Labute approximate surface area is 65.4 Å². The predicted octanol–water partition coefficient (Wildman–Crippen LogP) is 1.57. The second kappa shape index (κ2) is 2.84. The minimum absolute atomic E-state index is 0.641. The molecule has 0 atom stereocenters. The summed E-state index contributed by atoms with van der Waals surface area (Å²) in [6.07, 6.45) is 0. The van der Waals surface area contributed by atoms with Crippen molar-refractivity contribution in [2.45, 2.75) is 4.90 Å². The predicted molar refractivity (Wildman–Crippen MR) is 44.7 cm³/mol. The second-order valence-electron chi connectivity index (χ2n) is 1.92. The van der Waals surface area contributed by atoms with Crippen LogP contribution in [0.4, 0.5) is 5.69 Å². The van der Waals surface area contributed by atoms with Gasteiger partial charge in [-0.1, -0.05) is 0 Å². The molecule has 3 heteroatoms. The fraction of sp³-hybridized carbons (Fsp3) is 0.143. The Kier molecular flexibility index (Phi) is 2.06. The molecular formula is C7H9NOS. The number of thiol groups is 1. The van der Waals surface area contributed by atoms with Gasteiger partial charge in [-0.3, -0.25) is 0 Å². The molecule has 0 aliphatic rings. The number of ether oxygens (including phenoxy) is 1. The van der Waals surface area contributed by atoms with Gasteiger partial charge in [-0.05, 0) is 12.1 Å². The molecule has 0 unspecified atom stereocenters. The van der Waals surface area contributed by atoms with Crippen LogP contribution in [0.25, 0.3) is 0 Å². The third kappa shape index (κ3) is 1.36. The number of anilines is 1. The Bertz CT molecular complexity index is 237. The molecular weight excluding hydrogens is 146 g/mol. The molecule has 0 heterocycles. The highest BCUT2D eigenvalue weighted by Gasteiger charge is 1.94. The van der Waals surface area contributed by atoms with E-state index in [1.54, 1.807) is 19.2 Å². The van der Waals surface area contributed by atoms with Gasteiger partial charge in [-0.2, -0.15) is 0 Å². The van der Waals surface area contributed by atoms with Crippen LogP contribution in [0.3, 0.4) is 0 Å². The molecule has 0 bridgehead atoms. The van der Waals surface area contributed by atoms with Gasteiger partial charge in [0.25, 0.3) is 0 Å². The molecule has 0 spiro atoms. The van der Waals surface area contributed by atoms with E-state index < -0.39 is 0 Å². The lowest BCUT2D eigenvalue weighted by Crippen LogP contribution is -1.88. The van der Waals surface area contributed by atoms with Crippen molar-refractivity contribution in [3.63, 3.8) is 0 Å². The second-order valence-corrected chi connectivity index (χ2v) is 2.41. The van der Waals surface area contributed by atoms with Crippen molar-refractivity contribution in [2.24, 2.45) is 0 Å². The van der Waals surface area contributed by atoms with Crippen LogP contribution in [-0.4, -0.2) is 7.11 Å². The van der Waals surface area contributed by atoms with Gasteiger partial charge in [0.15, 0.2) is 0 Å². The molecule has 0 radical (unpaired) electrons. The van der Waals surface area contributed by atoms with Crippen molar-refractivity contribution in [3.05, 3.63) is 18.2 Å².